The van der Waals surface area contributed by atoms with Gasteiger partial charge in [-0.3, -0.25) is 14.2 Å². The molecule has 4 fully saturated rings. The number of aryl methyl sites for hydroxylation is 1. The van der Waals surface area contributed by atoms with E-state index in [0.29, 0.717) is 36.2 Å². The third kappa shape index (κ3) is 4.22. The fourth-order valence-electron chi connectivity index (χ4n) is 7.81. The van der Waals surface area contributed by atoms with Crippen LogP contribution < -0.4 is 5.32 Å². The minimum atomic E-state index is -0.508. The van der Waals surface area contributed by atoms with Crippen molar-refractivity contribution in [3.63, 3.8) is 0 Å². The fraction of sp³-hybridized carbons (Fsp3) is 0.600. The number of rotatable bonds is 8. The number of carbonyl (C=O) groups excluding carboxylic acids is 1. The number of anilines is 1. The van der Waals surface area contributed by atoms with E-state index in [0.717, 1.165) is 50.6 Å². The predicted octanol–water partition coefficient (Wildman–Crippen LogP) is 4.54. The Balaban J connectivity index is 1.18. The van der Waals surface area contributed by atoms with Crippen LogP contribution in [0.2, 0.25) is 5.02 Å². The zero-order valence-corrected chi connectivity index (χ0v) is 21.8. The Morgan fingerprint density at radius 3 is 2.57 bits per heavy atom. The number of hydrogen-bond donors (Lipinski definition) is 1. The lowest BCUT2D eigenvalue weighted by atomic mass is 9.46. The number of nitrogens with zero attached hydrogens (tertiary/aromatic N) is 7. The number of aromatic nitrogens is 6. The van der Waals surface area contributed by atoms with Gasteiger partial charge in [0.25, 0.3) is 0 Å². The van der Waals surface area contributed by atoms with Crippen LogP contribution in [0.15, 0.2) is 24.8 Å². The molecular formula is C25H31ClN8O3. The van der Waals surface area contributed by atoms with E-state index in [1.165, 1.54) is 0 Å². The molecule has 4 aliphatic carbocycles. The first kappa shape index (κ1) is 24.1. The highest BCUT2D eigenvalue weighted by molar-refractivity contribution is 6.33. The molecule has 0 aromatic carbocycles. The smallest absolute Gasteiger partial charge is 0.358 e. The molecule has 1 amide bonds. The van der Waals surface area contributed by atoms with E-state index < -0.39 is 4.92 Å². The summed E-state index contributed by atoms with van der Waals surface area (Å²) in [4.78, 5) is 24.3. The molecule has 2 unspecified atom stereocenters. The third-order valence-corrected chi connectivity index (χ3v) is 9.05. The number of carbonyl (C=O) groups is 1. The second-order valence-corrected chi connectivity index (χ2v) is 11.8. The summed E-state index contributed by atoms with van der Waals surface area (Å²) in [5.41, 5.74) is 1.92. The van der Waals surface area contributed by atoms with Crippen molar-refractivity contribution in [3.05, 3.63) is 51.2 Å². The van der Waals surface area contributed by atoms with Gasteiger partial charge in [0.05, 0.1) is 41.0 Å². The lowest BCUT2D eigenvalue weighted by molar-refractivity contribution is -0.389. The van der Waals surface area contributed by atoms with Gasteiger partial charge < -0.3 is 15.4 Å². The quantitative estimate of drug-likeness (QED) is 0.339. The molecule has 4 saturated carbocycles. The summed E-state index contributed by atoms with van der Waals surface area (Å²) in [6, 6.07) is 0. The minimum Gasteiger partial charge on any atom is -0.358 e. The Morgan fingerprint density at radius 2 is 1.92 bits per heavy atom. The normalized spacial score (nSPS) is 28.1. The highest BCUT2D eigenvalue weighted by atomic mass is 35.5. The first-order valence-corrected chi connectivity index (χ1v) is 13.3. The number of halogens is 1. The van der Waals surface area contributed by atoms with Gasteiger partial charge in [-0.2, -0.15) is 14.9 Å². The lowest BCUT2D eigenvalue weighted by Crippen LogP contribution is -2.57. The van der Waals surface area contributed by atoms with Crippen molar-refractivity contribution >= 4 is 29.0 Å². The van der Waals surface area contributed by atoms with Crippen molar-refractivity contribution in [1.82, 2.24) is 29.3 Å². The van der Waals surface area contributed by atoms with Crippen LogP contribution in [-0.2, 0) is 23.4 Å². The minimum absolute atomic E-state index is 0.0170. The Kier molecular flexibility index (Phi) is 5.66. The molecule has 4 bridgehead atoms. The van der Waals surface area contributed by atoms with Crippen molar-refractivity contribution < 1.29 is 9.72 Å². The van der Waals surface area contributed by atoms with Crippen molar-refractivity contribution in [2.45, 2.75) is 77.4 Å². The van der Waals surface area contributed by atoms with E-state index in [1.54, 1.807) is 10.9 Å². The van der Waals surface area contributed by atoms with Gasteiger partial charge in [-0.05, 0) is 74.5 Å². The summed E-state index contributed by atoms with van der Waals surface area (Å²) in [6.45, 7) is 5.25. The average Bonchev–Trinajstić information content (AvgIpc) is 3.53. The van der Waals surface area contributed by atoms with E-state index >= 15 is 0 Å². The van der Waals surface area contributed by atoms with Gasteiger partial charge in [0, 0.05) is 30.9 Å². The molecule has 3 aromatic rings. The predicted molar refractivity (Wildman–Crippen MR) is 136 cm³/mol. The average molecular weight is 527 g/mol. The highest BCUT2D eigenvalue weighted by Gasteiger charge is 2.60. The summed E-state index contributed by atoms with van der Waals surface area (Å²) in [5.74, 6) is 0.682. The zero-order valence-electron chi connectivity index (χ0n) is 21.1. The van der Waals surface area contributed by atoms with E-state index in [9.17, 15) is 14.9 Å². The number of nitrogens with one attached hydrogen (secondary N) is 1. The molecule has 196 valence electrons. The molecule has 0 aliphatic heterocycles. The summed E-state index contributed by atoms with van der Waals surface area (Å²) in [6.07, 6.45) is 13.6. The van der Waals surface area contributed by atoms with E-state index in [1.807, 2.05) is 41.8 Å². The first-order valence-electron chi connectivity index (χ1n) is 12.9. The Hall–Kier alpha value is -3.21. The Bertz CT molecular complexity index is 1360. The van der Waals surface area contributed by atoms with Crippen LogP contribution in [0.4, 0.5) is 11.5 Å². The maximum absolute atomic E-state index is 13.3. The van der Waals surface area contributed by atoms with Gasteiger partial charge in [-0.1, -0.05) is 11.6 Å². The third-order valence-electron chi connectivity index (χ3n) is 8.61. The van der Waals surface area contributed by atoms with Crippen LogP contribution in [0.25, 0.3) is 0 Å². The van der Waals surface area contributed by atoms with Gasteiger partial charge in [-0.25, -0.2) is 0 Å². The van der Waals surface area contributed by atoms with Gasteiger partial charge >= 0.3 is 5.82 Å². The lowest BCUT2D eigenvalue weighted by Gasteiger charge is -2.61. The fourth-order valence-corrected chi connectivity index (χ4v) is 8.00. The molecule has 3 aromatic heterocycles. The van der Waals surface area contributed by atoms with Crippen LogP contribution in [0.5, 0.6) is 0 Å². The zero-order chi connectivity index (χ0) is 25.9. The summed E-state index contributed by atoms with van der Waals surface area (Å²) in [5, 5.41) is 27.8. The largest absolute Gasteiger partial charge is 0.408 e. The van der Waals surface area contributed by atoms with Crippen LogP contribution in [0.3, 0.4) is 0 Å². The molecular weight excluding hydrogens is 496 g/mol. The molecule has 0 saturated heterocycles. The van der Waals surface area contributed by atoms with Crippen molar-refractivity contribution in [3.8, 4) is 0 Å². The summed E-state index contributed by atoms with van der Waals surface area (Å²) >= 11 is 6.32. The molecule has 2 atom stereocenters. The molecule has 37 heavy (non-hydrogen) atoms. The number of hydrogen-bond acceptors (Lipinski definition) is 6. The van der Waals surface area contributed by atoms with Crippen LogP contribution >= 0.6 is 11.6 Å². The summed E-state index contributed by atoms with van der Waals surface area (Å²) < 4.78 is 5.50. The van der Waals surface area contributed by atoms with Gasteiger partial charge in [0.2, 0.25) is 5.91 Å². The van der Waals surface area contributed by atoms with E-state index in [-0.39, 0.29) is 27.7 Å². The molecule has 12 heteroatoms. The molecule has 0 radical (unpaired) electrons. The standard InChI is InChI=1S/C25H31ClN8O3/c1-3-31-12-19(10-27-31)13-32-14-20(11-28-32)29-21(35)9-24-5-17-4-18(6-24)8-25(7-17,15-24)33-16(2)22(26)23(30-33)34(36)37/h10-12,14,17-18H,3-9,13,15H2,1-2H3,(H,29,35). The maximum atomic E-state index is 13.3. The monoisotopic (exact) mass is 526 g/mol. The molecule has 1 N–H and O–H groups in total. The van der Waals surface area contributed by atoms with E-state index in [4.69, 9.17) is 11.6 Å². The first-order chi connectivity index (χ1) is 17.7. The maximum Gasteiger partial charge on any atom is 0.408 e. The Labute approximate surface area is 219 Å². The molecule has 4 aliphatic rings. The highest BCUT2D eigenvalue weighted by Crippen LogP contribution is 2.65. The number of amides is 1. The van der Waals surface area contributed by atoms with Crippen molar-refractivity contribution in [1.29, 1.82) is 0 Å². The second kappa shape index (κ2) is 8.68. The van der Waals surface area contributed by atoms with Crippen molar-refractivity contribution in [2.75, 3.05) is 5.32 Å². The van der Waals surface area contributed by atoms with Crippen LogP contribution in [-0.4, -0.2) is 40.2 Å². The molecule has 11 nitrogen and oxygen atoms in total. The Morgan fingerprint density at radius 1 is 1.19 bits per heavy atom. The topological polar surface area (TPSA) is 126 Å². The van der Waals surface area contributed by atoms with Gasteiger partial charge in [0.15, 0.2) is 5.02 Å². The molecule has 0 spiro atoms. The molecule has 7 rings (SSSR count). The van der Waals surface area contributed by atoms with Gasteiger partial charge in [-0.15, -0.1) is 0 Å². The second-order valence-electron chi connectivity index (χ2n) is 11.4. The number of nitro groups is 1. The van der Waals surface area contributed by atoms with Gasteiger partial charge in [0.1, 0.15) is 0 Å². The van der Waals surface area contributed by atoms with Crippen molar-refractivity contribution in [2.24, 2.45) is 17.3 Å². The van der Waals surface area contributed by atoms with E-state index in [2.05, 4.69) is 20.6 Å². The van der Waals surface area contributed by atoms with Crippen LogP contribution in [0, 0.1) is 34.3 Å². The summed E-state index contributed by atoms with van der Waals surface area (Å²) in [7, 11) is 0. The SMILES string of the molecule is CCn1cc(Cn2cc(NC(=O)CC34CC5CC(C3)CC(n3nc([N+](=O)[O-])c(Cl)c3C)(C5)C4)cn2)cn1. The van der Waals surface area contributed by atoms with Crippen LogP contribution in [0.1, 0.15) is 63.1 Å². The molecule has 3 heterocycles.